The Morgan fingerprint density at radius 2 is 1.68 bits per heavy atom. The van der Waals surface area contributed by atoms with E-state index in [1.807, 2.05) is 40.2 Å². The first-order valence-corrected chi connectivity index (χ1v) is 8.67. The van der Waals surface area contributed by atoms with Crippen LogP contribution >= 0.6 is 11.3 Å². The van der Waals surface area contributed by atoms with Gasteiger partial charge in [-0.2, -0.15) is 0 Å². The molecule has 0 spiro atoms. The first kappa shape index (κ1) is 17.0. The van der Waals surface area contributed by atoms with Gasteiger partial charge in [0.1, 0.15) is 0 Å². The first-order valence-electron chi connectivity index (χ1n) is 7.79. The summed E-state index contributed by atoms with van der Waals surface area (Å²) in [6.45, 7) is 3.43. The van der Waals surface area contributed by atoms with Gasteiger partial charge in [-0.3, -0.25) is 9.59 Å². The summed E-state index contributed by atoms with van der Waals surface area (Å²) in [5.74, 6) is 0.396. The second-order valence-corrected chi connectivity index (χ2v) is 6.93. The molecule has 1 aliphatic heterocycles. The molecule has 0 unspecified atom stereocenters. The Balaban J connectivity index is 1.69. The lowest BCUT2D eigenvalue weighted by atomic mass is 10.2. The highest BCUT2D eigenvalue weighted by Gasteiger charge is 2.23. The monoisotopic (exact) mass is 323 g/mol. The maximum Gasteiger partial charge on any atom is 0.223 e. The number of carbonyl (C=O) groups excluding carboxylic acids is 2. The van der Waals surface area contributed by atoms with E-state index in [1.165, 1.54) is 4.88 Å². The zero-order valence-corrected chi connectivity index (χ0v) is 14.3. The number of hydrogen-bond donors (Lipinski definition) is 0. The van der Waals surface area contributed by atoms with Gasteiger partial charge in [-0.1, -0.05) is 6.07 Å². The average Bonchev–Trinajstić information content (AvgIpc) is 3.03. The molecule has 0 radical (unpaired) electrons. The molecule has 2 rings (SSSR count). The van der Waals surface area contributed by atoms with Crippen molar-refractivity contribution in [1.82, 2.24) is 14.7 Å². The van der Waals surface area contributed by atoms with Crippen LogP contribution in [0.1, 0.15) is 17.7 Å². The minimum absolute atomic E-state index is 0.194. The molecule has 22 heavy (non-hydrogen) atoms. The van der Waals surface area contributed by atoms with Crippen LogP contribution in [0.3, 0.4) is 0 Å². The van der Waals surface area contributed by atoms with Crippen LogP contribution < -0.4 is 0 Å². The van der Waals surface area contributed by atoms with Crippen LogP contribution in [0.5, 0.6) is 0 Å². The number of piperazine rings is 1. The van der Waals surface area contributed by atoms with Crippen LogP contribution in [-0.2, 0) is 16.0 Å². The molecule has 1 aliphatic rings. The molecule has 0 saturated carbocycles. The quantitative estimate of drug-likeness (QED) is 0.793. The summed E-state index contributed by atoms with van der Waals surface area (Å²) >= 11 is 1.70. The largest absolute Gasteiger partial charge is 0.339 e. The molecule has 122 valence electrons. The van der Waals surface area contributed by atoms with E-state index in [0.717, 1.165) is 13.0 Å². The van der Waals surface area contributed by atoms with Crippen molar-refractivity contribution in [2.45, 2.75) is 19.3 Å². The van der Waals surface area contributed by atoms with Crippen LogP contribution in [-0.4, -0.2) is 73.3 Å². The molecule has 2 amide bonds. The predicted octanol–water partition coefficient (Wildman–Crippen LogP) is 1.30. The fourth-order valence-corrected chi connectivity index (χ4v) is 3.23. The minimum Gasteiger partial charge on any atom is -0.339 e. The van der Waals surface area contributed by atoms with E-state index in [2.05, 4.69) is 6.07 Å². The minimum atomic E-state index is 0.194. The van der Waals surface area contributed by atoms with Crippen molar-refractivity contribution in [3.63, 3.8) is 0 Å². The van der Waals surface area contributed by atoms with Crippen molar-refractivity contribution in [2.75, 3.05) is 46.8 Å². The Morgan fingerprint density at radius 1 is 1.09 bits per heavy atom. The molecule has 2 heterocycles. The third-order valence-electron chi connectivity index (χ3n) is 3.92. The molecular weight excluding hydrogens is 298 g/mol. The van der Waals surface area contributed by atoms with E-state index in [0.29, 0.717) is 39.0 Å². The summed E-state index contributed by atoms with van der Waals surface area (Å²) in [6.07, 6.45) is 1.94. The Labute approximate surface area is 136 Å². The molecule has 0 bridgehead atoms. The Hall–Kier alpha value is -1.40. The number of aryl methyl sites for hydroxylation is 1. The first-order chi connectivity index (χ1) is 10.6. The van der Waals surface area contributed by atoms with Gasteiger partial charge >= 0.3 is 0 Å². The van der Waals surface area contributed by atoms with Gasteiger partial charge in [0.05, 0.1) is 0 Å². The molecular formula is C16H25N3O2S. The van der Waals surface area contributed by atoms with Crippen molar-refractivity contribution < 1.29 is 9.59 Å². The van der Waals surface area contributed by atoms with E-state index in [9.17, 15) is 9.59 Å². The molecule has 0 N–H and O–H groups in total. The topological polar surface area (TPSA) is 43.9 Å². The summed E-state index contributed by atoms with van der Waals surface area (Å²) < 4.78 is 0. The van der Waals surface area contributed by atoms with Crippen molar-refractivity contribution in [2.24, 2.45) is 0 Å². The smallest absolute Gasteiger partial charge is 0.223 e. The Morgan fingerprint density at radius 3 is 2.18 bits per heavy atom. The second-order valence-electron chi connectivity index (χ2n) is 5.89. The fraction of sp³-hybridized carbons (Fsp3) is 0.625. The number of nitrogens with zero attached hydrogens (tertiary/aromatic N) is 3. The van der Waals surface area contributed by atoms with E-state index in [-0.39, 0.29) is 11.8 Å². The number of amides is 2. The van der Waals surface area contributed by atoms with Gasteiger partial charge in [-0.25, -0.2) is 0 Å². The number of thiophene rings is 1. The Bertz CT molecular complexity index is 480. The molecule has 0 aliphatic carbocycles. The van der Waals surface area contributed by atoms with Crippen molar-refractivity contribution in [3.05, 3.63) is 22.4 Å². The number of carbonyl (C=O) groups is 2. The van der Waals surface area contributed by atoms with Crippen molar-refractivity contribution in [1.29, 1.82) is 0 Å². The van der Waals surface area contributed by atoms with Crippen LogP contribution in [0, 0.1) is 0 Å². The SMILES string of the molecule is CN(C)CCC(=O)N1CCN(C(=O)CCc2cccs2)CC1. The average molecular weight is 323 g/mol. The lowest BCUT2D eigenvalue weighted by Gasteiger charge is -2.35. The highest BCUT2D eigenvalue weighted by molar-refractivity contribution is 7.09. The number of rotatable bonds is 6. The number of hydrogen-bond acceptors (Lipinski definition) is 4. The van der Waals surface area contributed by atoms with Gasteiger partial charge in [0.15, 0.2) is 0 Å². The van der Waals surface area contributed by atoms with Gasteiger partial charge < -0.3 is 14.7 Å². The molecule has 6 heteroatoms. The van der Waals surface area contributed by atoms with E-state index < -0.39 is 0 Å². The molecule has 0 atom stereocenters. The van der Waals surface area contributed by atoms with E-state index >= 15 is 0 Å². The van der Waals surface area contributed by atoms with Gasteiger partial charge in [-0.05, 0) is 32.0 Å². The highest BCUT2D eigenvalue weighted by atomic mass is 32.1. The molecule has 1 aromatic heterocycles. The third kappa shape index (κ3) is 5.10. The highest BCUT2D eigenvalue weighted by Crippen LogP contribution is 2.13. The van der Waals surface area contributed by atoms with Crippen LogP contribution in [0.2, 0.25) is 0 Å². The van der Waals surface area contributed by atoms with Crippen LogP contribution in [0.4, 0.5) is 0 Å². The standard InChI is InChI=1S/C16H25N3O2S/c1-17(2)8-7-16(21)19-11-9-18(10-12-19)15(20)6-5-14-4-3-13-22-14/h3-4,13H,5-12H2,1-2H3. The summed E-state index contributed by atoms with van der Waals surface area (Å²) in [5.41, 5.74) is 0. The second kappa shape index (κ2) is 8.29. The summed E-state index contributed by atoms with van der Waals surface area (Å²) in [4.78, 5) is 31.3. The van der Waals surface area contributed by atoms with E-state index in [1.54, 1.807) is 11.3 Å². The molecule has 1 fully saturated rings. The molecule has 5 nitrogen and oxygen atoms in total. The lowest BCUT2D eigenvalue weighted by molar-refractivity contribution is -0.139. The molecule has 1 saturated heterocycles. The van der Waals surface area contributed by atoms with Crippen molar-refractivity contribution in [3.8, 4) is 0 Å². The van der Waals surface area contributed by atoms with Gasteiger partial charge in [-0.15, -0.1) is 11.3 Å². The van der Waals surface area contributed by atoms with E-state index in [4.69, 9.17) is 0 Å². The third-order valence-corrected chi connectivity index (χ3v) is 4.86. The van der Waals surface area contributed by atoms with Crippen molar-refractivity contribution >= 4 is 23.2 Å². The zero-order valence-electron chi connectivity index (χ0n) is 13.5. The van der Waals surface area contributed by atoms with Gasteiger partial charge in [0, 0.05) is 50.4 Å². The Kier molecular flexibility index (Phi) is 6.39. The maximum absolute atomic E-state index is 12.2. The molecule has 0 aromatic carbocycles. The zero-order chi connectivity index (χ0) is 15.9. The van der Waals surface area contributed by atoms with Gasteiger partial charge in [0.25, 0.3) is 0 Å². The fourth-order valence-electron chi connectivity index (χ4n) is 2.53. The molecule has 1 aromatic rings. The van der Waals surface area contributed by atoms with Crippen LogP contribution in [0.15, 0.2) is 17.5 Å². The van der Waals surface area contributed by atoms with Gasteiger partial charge in [0.2, 0.25) is 11.8 Å². The lowest BCUT2D eigenvalue weighted by Crippen LogP contribution is -2.50. The summed E-state index contributed by atoms with van der Waals surface area (Å²) in [6, 6.07) is 4.09. The summed E-state index contributed by atoms with van der Waals surface area (Å²) in [7, 11) is 3.94. The normalized spacial score (nSPS) is 15.4. The maximum atomic E-state index is 12.2. The van der Waals surface area contributed by atoms with Crippen LogP contribution in [0.25, 0.3) is 0 Å². The summed E-state index contributed by atoms with van der Waals surface area (Å²) in [5, 5.41) is 2.04. The predicted molar refractivity (Wildman–Crippen MR) is 89.0 cm³/mol.